The summed E-state index contributed by atoms with van der Waals surface area (Å²) in [6, 6.07) is 2.69. The third kappa shape index (κ3) is 3.37. The number of carbonyl (C=O) groups excluding carboxylic acids is 1. The largest absolute Gasteiger partial charge is 0.396 e. The van der Waals surface area contributed by atoms with Gasteiger partial charge in [-0.05, 0) is 6.07 Å². The van der Waals surface area contributed by atoms with Gasteiger partial charge in [-0.25, -0.2) is 4.79 Å². The molecule has 0 aliphatic carbocycles. The molecule has 124 valence electrons. The van der Waals surface area contributed by atoms with Crippen LogP contribution < -0.4 is 11.0 Å². The van der Waals surface area contributed by atoms with Crippen molar-refractivity contribution in [2.24, 2.45) is 14.1 Å². The summed E-state index contributed by atoms with van der Waals surface area (Å²) in [6.45, 7) is -0.0455. The Hall–Kier alpha value is -2.33. The average Bonchev–Trinajstić information content (AvgIpc) is 2.71. The third-order valence-electron chi connectivity index (χ3n) is 3.33. The highest BCUT2D eigenvalue weighted by Crippen LogP contribution is 2.29. The maximum Gasteiger partial charge on any atom is 0.328 e. The van der Waals surface area contributed by atoms with E-state index in [4.69, 9.17) is 5.11 Å². The molecule has 23 heavy (non-hydrogen) atoms. The first-order valence-corrected chi connectivity index (χ1v) is 7.84. The Morgan fingerprint density at radius 1 is 1.35 bits per heavy atom. The summed E-state index contributed by atoms with van der Waals surface area (Å²) in [7, 11) is 3.08. The number of nitrogens with one attached hydrogen (secondary N) is 1. The molecule has 0 radical (unpaired) electrons. The van der Waals surface area contributed by atoms with Gasteiger partial charge in [0.25, 0.3) is 5.69 Å². The maximum absolute atomic E-state index is 11.9. The monoisotopic (exact) mass is 340 g/mol. The number of fused-ring (bicyclic) bond motifs is 1. The number of carbonyl (C=O) groups is 1. The number of nitro benzene ring substituents is 1. The molecule has 2 aromatic rings. The number of hydrogen-bond acceptors (Lipinski definition) is 6. The first kappa shape index (κ1) is 17.0. The van der Waals surface area contributed by atoms with Crippen LogP contribution in [0.3, 0.4) is 0 Å². The Bertz CT molecular complexity index is 826. The molecule has 2 rings (SSSR count). The van der Waals surface area contributed by atoms with Gasteiger partial charge in [-0.1, -0.05) is 0 Å². The average molecular weight is 340 g/mol. The number of aryl methyl sites for hydroxylation is 2. The second kappa shape index (κ2) is 6.84. The molecule has 9 nitrogen and oxygen atoms in total. The van der Waals surface area contributed by atoms with Crippen LogP contribution in [-0.4, -0.2) is 43.2 Å². The Morgan fingerprint density at radius 2 is 1.96 bits per heavy atom. The number of thioether (sulfide) groups is 1. The number of amides is 1. The molecule has 1 heterocycles. The number of aliphatic hydroxyl groups excluding tert-OH is 1. The van der Waals surface area contributed by atoms with Gasteiger partial charge in [0.05, 0.1) is 28.3 Å². The molecule has 0 saturated heterocycles. The molecule has 0 saturated carbocycles. The van der Waals surface area contributed by atoms with E-state index < -0.39 is 10.8 Å². The topological polar surface area (TPSA) is 119 Å². The van der Waals surface area contributed by atoms with Crippen LogP contribution in [0.4, 0.5) is 11.4 Å². The Labute approximate surface area is 135 Å². The van der Waals surface area contributed by atoms with Gasteiger partial charge in [-0.15, -0.1) is 11.8 Å². The molecule has 0 spiro atoms. The molecular weight excluding hydrogens is 324 g/mol. The minimum absolute atomic E-state index is 0.0401. The van der Waals surface area contributed by atoms with E-state index >= 15 is 0 Å². The van der Waals surface area contributed by atoms with Gasteiger partial charge in [0, 0.05) is 25.9 Å². The summed E-state index contributed by atoms with van der Waals surface area (Å²) in [5.74, 6) is 0.0670. The van der Waals surface area contributed by atoms with Crippen LogP contribution >= 0.6 is 11.8 Å². The van der Waals surface area contributed by atoms with Gasteiger partial charge in [0.15, 0.2) is 0 Å². The zero-order chi connectivity index (χ0) is 17.1. The van der Waals surface area contributed by atoms with Crippen molar-refractivity contribution < 1.29 is 14.8 Å². The normalized spacial score (nSPS) is 10.9. The minimum atomic E-state index is -0.604. The van der Waals surface area contributed by atoms with Crippen LogP contribution in [0.15, 0.2) is 16.9 Å². The number of hydrogen-bond donors (Lipinski definition) is 2. The number of imidazole rings is 1. The van der Waals surface area contributed by atoms with Gasteiger partial charge < -0.3 is 10.4 Å². The van der Waals surface area contributed by atoms with E-state index in [1.54, 1.807) is 7.05 Å². The molecule has 0 unspecified atom stereocenters. The molecule has 0 atom stereocenters. The van der Waals surface area contributed by atoms with Crippen molar-refractivity contribution in [2.45, 2.75) is 0 Å². The molecule has 0 aliphatic rings. The van der Waals surface area contributed by atoms with E-state index in [0.29, 0.717) is 16.8 Å². The quantitative estimate of drug-likeness (QED) is 0.447. The van der Waals surface area contributed by atoms with E-state index in [0.717, 1.165) is 0 Å². The molecule has 0 bridgehead atoms. The van der Waals surface area contributed by atoms with Crippen molar-refractivity contribution in [1.82, 2.24) is 9.13 Å². The predicted octanol–water partition coefficient (Wildman–Crippen LogP) is 0.449. The number of benzene rings is 1. The number of aromatic nitrogens is 2. The molecule has 0 fully saturated rings. The zero-order valence-corrected chi connectivity index (χ0v) is 13.4. The van der Waals surface area contributed by atoms with Crippen molar-refractivity contribution >= 4 is 40.1 Å². The van der Waals surface area contributed by atoms with Crippen molar-refractivity contribution in [3.63, 3.8) is 0 Å². The van der Waals surface area contributed by atoms with Crippen molar-refractivity contribution in [3.05, 3.63) is 32.7 Å². The summed E-state index contributed by atoms with van der Waals surface area (Å²) in [4.78, 5) is 34.4. The van der Waals surface area contributed by atoms with Crippen molar-refractivity contribution in [1.29, 1.82) is 0 Å². The lowest BCUT2D eigenvalue weighted by Crippen LogP contribution is -2.19. The second-order valence-corrected chi connectivity index (χ2v) is 5.95. The first-order valence-electron chi connectivity index (χ1n) is 6.69. The lowest BCUT2D eigenvalue weighted by atomic mass is 10.2. The molecule has 2 N–H and O–H groups in total. The van der Waals surface area contributed by atoms with E-state index in [-0.39, 0.29) is 29.4 Å². The standard InChI is InChI=1S/C13H16N4O5S/c1-15-10-5-8(14-12(19)7-23-4-3-18)9(17(21)22)6-11(10)16(2)13(15)20/h5-6,18H,3-4,7H2,1-2H3,(H,14,19). The lowest BCUT2D eigenvalue weighted by molar-refractivity contribution is -0.383. The van der Waals surface area contributed by atoms with Gasteiger partial charge in [-0.2, -0.15) is 0 Å². The fraction of sp³-hybridized carbons (Fsp3) is 0.385. The summed E-state index contributed by atoms with van der Waals surface area (Å²) in [5, 5.41) is 22.4. The summed E-state index contributed by atoms with van der Waals surface area (Å²) >= 11 is 1.22. The number of nitro groups is 1. The number of aliphatic hydroxyl groups is 1. The number of anilines is 1. The fourth-order valence-corrected chi connectivity index (χ4v) is 2.73. The molecule has 1 amide bonds. The third-order valence-corrected chi connectivity index (χ3v) is 4.27. The summed E-state index contributed by atoms with van der Waals surface area (Å²) < 4.78 is 2.67. The van der Waals surface area contributed by atoms with Gasteiger partial charge in [0.1, 0.15) is 5.69 Å². The summed E-state index contributed by atoms with van der Waals surface area (Å²) in [5.41, 5.74) is 0.354. The SMILES string of the molecule is Cn1c(=O)n(C)c2cc([N+](=O)[O-])c(NC(=O)CSCCO)cc21. The molecular formula is C13H16N4O5S. The highest BCUT2D eigenvalue weighted by Gasteiger charge is 2.20. The smallest absolute Gasteiger partial charge is 0.328 e. The molecule has 1 aromatic carbocycles. The highest BCUT2D eigenvalue weighted by atomic mass is 32.2. The first-order chi connectivity index (χ1) is 10.9. The van der Waals surface area contributed by atoms with Gasteiger partial charge >= 0.3 is 5.69 Å². The Morgan fingerprint density at radius 3 is 2.52 bits per heavy atom. The fourth-order valence-electron chi connectivity index (χ4n) is 2.20. The summed E-state index contributed by atoms with van der Waals surface area (Å²) in [6.07, 6.45) is 0. The lowest BCUT2D eigenvalue weighted by Gasteiger charge is -2.07. The number of nitrogens with zero attached hydrogens (tertiary/aromatic N) is 3. The minimum Gasteiger partial charge on any atom is -0.396 e. The van der Waals surface area contributed by atoms with E-state index in [1.165, 1.54) is 40.1 Å². The van der Waals surface area contributed by atoms with Crippen LogP contribution in [0.2, 0.25) is 0 Å². The van der Waals surface area contributed by atoms with Crippen LogP contribution in [0.5, 0.6) is 0 Å². The van der Waals surface area contributed by atoms with Crippen LogP contribution in [0.1, 0.15) is 0 Å². The second-order valence-electron chi connectivity index (χ2n) is 4.84. The molecule has 1 aromatic heterocycles. The van der Waals surface area contributed by atoms with Gasteiger partial charge in [0.2, 0.25) is 5.91 Å². The predicted molar refractivity (Wildman–Crippen MR) is 87.9 cm³/mol. The van der Waals surface area contributed by atoms with Crippen molar-refractivity contribution in [2.75, 3.05) is 23.4 Å². The molecule has 0 aliphatic heterocycles. The maximum atomic E-state index is 11.9. The van der Waals surface area contributed by atoms with Gasteiger partial charge in [-0.3, -0.25) is 24.0 Å². The van der Waals surface area contributed by atoms with Crippen LogP contribution in [0, 0.1) is 10.1 Å². The van der Waals surface area contributed by atoms with Crippen LogP contribution in [0.25, 0.3) is 11.0 Å². The van der Waals surface area contributed by atoms with Crippen LogP contribution in [-0.2, 0) is 18.9 Å². The van der Waals surface area contributed by atoms with E-state index in [9.17, 15) is 19.7 Å². The van der Waals surface area contributed by atoms with Crippen molar-refractivity contribution in [3.8, 4) is 0 Å². The van der Waals surface area contributed by atoms with E-state index in [1.807, 2.05) is 0 Å². The molecule has 10 heteroatoms. The highest BCUT2D eigenvalue weighted by molar-refractivity contribution is 7.99. The Kier molecular flexibility index (Phi) is 5.06. The van der Waals surface area contributed by atoms with E-state index in [2.05, 4.69) is 5.32 Å². The zero-order valence-electron chi connectivity index (χ0n) is 12.6. The Balaban J connectivity index is 2.43. The number of rotatable bonds is 6.